The molecule has 0 unspecified atom stereocenters. The van der Waals surface area contributed by atoms with Crippen molar-refractivity contribution in [3.63, 3.8) is 0 Å². The zero-order valence-corrected chi connectivity index (χ0v) is 13.9. The van der Waals surface area contributed by atoms with E-state index >= 15 is 0 Å². The fraction of sp³-hybridized carbons (Fsp3) is 0.200. The molecule has 19 heavy (non-hydrogen) atoms. The maximum absolute atomic E-state index is 12.2. The van der Waals surface area contributed by atoms with Gasteiger partial charge in [-0.3, -0.25) is 0 Å². The Bertz CT molecular complexity index is 710. The van der Waals surface area contributed by atoms with Crippen LogP contribution >= 0.6 is 38.9 Å². The second kappa shape index (κ2) is 5.35. The van der Waals surface area contributed by atoms with Gasteiger partial charge < -0.3 is 0 Å². The topological polar surface area (TPSA) is 72.0 Å². The number of aryl methyl sites for hydroxylation is 2. The van der Waals surface area contributed by atoms with E-state index in [9.17, 15) is 8.42 Å². The van der Waals surface area contributed by atoms with Crippen LogP contribution in [0, 0.1) is 13.8 Å². The molecule has 2 rings (SSSR count). The van der Waals surface area contributed by atoms with Crippen LogP contribution in [0.5, 0.6) is 0 Å². The van der Waals surface area contributed by atoms with E-state index in [1.54, 1.807) is 26.0 Å². The van der Waals surface area contributed by atoms with Crippen molar-refractivity contribution >= 4 is 54.8 Å². The van der Waals surface area contributed by atoms with Crippen molar-refractivity contribution in [1.29, 1.82) is 0 Å². The molecule has 0 spiro atoms. The number of aromatic nitrogens is 2. The highest BCUT2D eigenvalue weighted by atomic mass is 79.9. The van der Waals surface area contributed by atoms with Gasteiger partial charge in [0, 0.05) is 10.6 Å². The van der Waals surface area contributed by atoms with Crippen molar-refractivity contribution in [2.45, 2.75) is 18.7 Å². The van der Waals surface area contributed by atoms with Gasteiger partial charge in [-0.1, -0.05) is 11.6 Å². The summed E-state index contributed by atoms with van der Waals surface area (Å²) in [5.74, 6) is -0.0354. The van der Waals surface area contributed by atoms with E-state index in [2.05, 4.69) is 30.6 Å². The zero-order valence-electron chi connectivity index (χ0n) is 9.94. The number of nitrogens with one attached hydrogen (secondary N) is 1. The molecule has 2 heterocycles. The molecule has 0 radical (unpaired) electrons. The number of anilines is 1. The van der Waals surface area contributed by atoms with Crippen LogP contribution in [-0.4, -0.2) is 18.4 Å². The Labute approximate surface area is 128 Å². The number of sulfonamides is 1. The van der Waals surface area contributed by atoms with E-state index in [4.69, 9.17) is 11.6 Å². The largest absolute Gasteiger partial charge is 0.265 e. The van der Waals surface area contributed by atoms with Crippen LogP contribution in [0.4, 0.5) is 5.95 Å². The Morgan fingerprint density at radius 1 is 1.32 bits per heavy atom. The molecule has 102 valence electrons. The fourth-order valence-electron chi connectivity index (χ4n) is 1.45. The average molecular weight is 383 g/mol. The molecule has 0 bridgehead atoms. The summed E-state index contributed by atoms with van der Waals surface area (Å²) in [6.07, 6.45) is 0. The highest BCUT2D eigenvalue weighted by Crippen LogP contribution is 2.30. The SMILES string of the molecule is Cc1cc(Cl)nc(NS(=O)(=O)c2cc(Br)sc2C)n1. The highest BCUT2D eigenvalue weighted by molar-refractivity contribution is 9.11. The van der Waals surface area contributed by atoms with E-state index in [1.807, 2.05) is 0 Å². The van der Waals surface area contributed by atoms with Gasteiger partial charge in [-0.25, -0.2) is 23.1 Å². The lowest BCUT2D eigenvalue weighted by Crippen LogP contribution is -2.15. The lowest BCUT2D eigenvalue weighted by atomic mass is 10.5. The Morgan fingerprint density at radius 2 is 2.00 bits per heavy atom. The van der Waals surface area contributed by atoms with Gasteiger partial charge in [-0.05, 0) is 41.9 Å². The van der Waals surface area contributed by atoms with E-state index in [0.717, 1.165) is 3.79 Å². The lowest BCUT2D eigenvalue weighted by molar-refractivity contribution is 0.600. The molecule has 0 aromatic carbocycles. The molecule has 0 amide bonds. The summed E-state index contributed by atoms with van der Waals surface area (Å²) >= 11 is 10.4. The molecule has 0 aliphatic rings. The smallest absolute Gasteiger partial charge is 0.247 e. The van der Waals surface area contributed by atoms with E-state index in [-0.39, 0.29) is 16.0 Å². The molecule has 0 fully saturated rings. The quantitative estimate of drug-likeness (QED) is 0.826. The van der Waals surface area contributed by atoms with E-state index in [1.165, 1.54) is 11.3 Å². The Kier molecular flexibility index (Phi) is 4.14. The number of thiophene rings is 1. The maximum Gasteiger partial charge on any atom is 0.265 e. The average Bonchev–Trinajstić information content (AvgIpc) is 2.56. The van der Waals surface area contributed by atoms with Crippen molar-refractivity contribution in [2.24, 2.45) is 0 Å². The van der Waals surface area contributed by atoms with Crippen LogP contribution in [0.15, 0.2) is 20.8 Å². The van der Waals surface area contributed by atoms with Gasteiger partial charge in [0.2, 0.25) is 5.95 Å². The minimum absolute atomic E-state index is 0.0354. The Hall–Kier alpha value is -0.700. The third-order valence-corrected chi connectivity index (χ3v) is 5.51. The van der Waals surface area contributed by atoms with Gasteiger partial charge in [0.1, 0.15) is 10.0 Å². The molecule has 9 heteroatoms. The molecule has 0 atom stereocenters. The molecule has 1 N–H and O–H groups in total. The molecular weight excluding hydrogens is 374 g/mol. The van der Waals surface area contributed by atoms with Crippen molar-refractivity contribution in [2.75, 3.05) is 4.72 Å². The van der Waals surface area contributed by atoms with Crippen molar-refractivity contribution < 1.29 is 8.42 Å². The first-order chi connectivity index (χ1) is 8.78. The summed E-state index contributed by atoms with van der Waals surface area (Å²) < 4.78 is 27.5. The molecule has 2 aromatic heterocycles. The molecule has 0 saturated heterocycles. The van der Waals surface area contributed by atoms with Gasteiger partial charge in [-0.15, -0.1) is 11.3 Å². The summed E-state index contributed by atoms with van der Waals surface area (Å²) in [4.78, 5) is 8.70. The number of halogens is 2. The second-order valence-electron chi connectivity index (χ2n) is 3.73. The number of nitrogens with zero attached hydrogens (tertiary/aromatic N) is 2. The molecule has 0 aliphatic heterocycles. The first-order valence-electron chi connectivity index (χ1n) is 5.08. The monoisotopic (exact) mass is 381 g/mol. The lowest BCUT2D eigenvalue weighted by Gasteiger charge is -2.06. The van der Waals surface area contributed by atoms with E-state index < -0.39 is 10.0 Å². The fourth-order valence-corrected chi connectivity index (χ4v) is 5.05. The molecular formula is C10H9BrClN3O2S2. The highest BCUT2D eigenvalue weighted by Gasteiger charge is 2.21. The molecule has 0 aliphatic carbocycles. The van der Waals surface area contributed by atoms with Gasteiger partial charge in [0.05, 0.1) is 3.79 Å². The van der Waals surface area contributed by atoms with Crippen LogP contribution in [-0.2, 0) is 10.0 Å². The summed E-state index contributed by atoms with van der Waals surface area (Å²) in [6.45, 7) is 3.44. The van der Waals surface area contributed by atoms with Crippen molar-refractivity contribution in [3.8, 4) is 0 Å². The van der Waals surface area contributed by atoms with Gasteiger partial charge in [0.25, 0.3) is 10.0 Å². The van der Waals surface area contributed by atoms with E-state index in [0.29, 0.717) is 10.6 Å². The number of rotatable bonds is 3. The second-order valence-corrected chi connectivity index (χ2v) is 8.41. The van der Waals surface area contributed by atoms with Crippen LogP contribution in [0.2, 0.25) is 5.15 Å². The molecule has 2 aromatic rings. The van der Waals surface area contributed by atoms with Crippen LogP contribution < -0.4 is 4.72 Å². The first kappa shape index (κ1) is 14.7. The van der Waals surface area contributed by atoms with Crippen molar-refractivity contribution in [3.05, 3.63) is 31.6 Å². The minimum Gasteiger partial charge on any atom is -0.247 e. The predicted molar refractivity (Wildman–Crippen MR) is 79.3 cm³/mol. The van der Waals surface area contributed by atoms with Crippen molar-refractivity contribution in [1.82, 2.24) is 9.97 Å². The summed E-state index contributed by atoms with van der Waals surface area (Å²) in [5, 5.41) is 0.188. The third kappa shape index (κ3) is 3.44. The van der Waals surface area contributed by atoms with Crippen LogP contribution in [0.1, 0.15) is 10.6 Å². The summed E-state index contributed by atoms with van der Waals surface area (Å²) in [6, 6.07) is 3.09. The Balaban J connectivity index is 2.39. The summed E-state index contributed by atoms with van der Waals surface area (Å²) in [5.41, 5.74) is 0.584. The number of hydrogen-bond acceptors (Lipinski definition) is 5. The zero-order chi connectivity index (χ0) is 14.2. The Morgan fingerprint density at radius 3 is 2.53 bits per heavy atom. The predicted octanol–water partition coefficient (Wildman–Crippen LogP) is 3.37. The van der Waals surface area contributed by atoms with Crippen LogP contribution in [0.3, 0.4) is 0 Å². The number of hydrogen-bond donors (Lipinski definition) is 1. The van der Waals surface area contributed by atoms with Gasteiger partial charge >= 0.3 is 0 Å². The molecule has 0 saturated carbocycles. The van der Waals surface area contributed by atoms with Gasteiger partial charge in [-0.2, -0.15) is 0 Å². The first-order valence-corrected chi connectivity index (χ1v) is 8.55. The van der Waals surface area contributed by atoms with Gasteiger partial charge in [0.15, 0.2) is 0 Å². The minimum atomic E-state index is -3.71. The van der Waals surface area contributed by atoms with Crippen LogP contribution in [0.25, 0.3) is 0 Å². The third-order valence-electron chi connectivity index (χ3n) is 2.18. The summed E-state index contributed by atoms with van der Waals surface area (Å²) in [7, 11) is -3.71. The molecule has 5 nitrogen and oxygen atoms in total. The standard InChI is InChI=1S/C10H9BrClN3O2S2/c1-5-3-9(12)14-10(13-5)15-19(16,17)7-4-8(11)18-6(7)2/h3-4H,1-2H3,(H,13,14,15). The maximum atomic E-state index is 12.2. The normalized spacial score (nSPS) is 11.6.